The normalized spacial score (nSPS) is 17.3. The zero-order valence-corrected chi connectivity index (χ0v) is 21.3. The number of aliphatic hydroxyl groups excluding tert-OH is 1. The van der Waals surface area contributed by atoms with Gasteiger partial charge in [0.1, 0.15) is 6.10 Å². The van der Waals surface area contributed by atoms with Crippen LogP contribution in [-0.4, -0.2) is 49.9 Å². The molecule has 8 nitrogen and oxygen atoms in total. The maximum atomic E-state index is 10.3. The summed E-state index contributed by atoms with van der Waals surface area (Å²) in [5, 5.41) is 30.0. The van der Waals surface area contributed by atoms with Gasteiger partial charge in [0.2, 0.25) is 0 Å². The van der Waals surface area contributed by atoms with Gasteiger partial charge in [-0.25, -0.2) is 0 Å². The summed E-state index contributed by atoms with van der Waals surface area (Å²) >= 11 is 0. The molecule has 1 heterocycles. The minimum atomic E-state index is -0.464. The number of hydrogen-bond donors (Lipinski definition) is 3. The minimum absolute atomic E-state index is 0.0356. The van der Waals surface area contributed by atoms with Gasteiger partial charge in [0.05, 0.1) is 46.6 Å². The van der Waals surface area contributed by atoms with Gasteiger partial charge in [-0.15, -0.1) is 0 Å². The maximum Gasteiger partial charge on any atom is 0.165 e. The molecule has 0 saturated carbocycles. The van der Waals surface area contributed by atoms with Gasteiger partial charge >= 0.3 is 0 Å². The first-order valence-corrected chi connectivity index (χ1v) is 11.9. The fraction of sp³-hybridized carbons (Fsp3) is 0.310. The number of aliphatic hydroxyl groups is 1. The van der Waals surface area contributed by atoms with E-state index >= 15 is 0 Å². The zero-order chi connectivity index (χ0) is 26.5. The third-order valence-corrected chi connectivity index (χ3v) is 6.49. The summed E-state index contributed by atoms with van der Waals surface area (Å²) in [4.78, 5) is 0. The third kappa shape index (κ3) is 5.45. The van der Waals surface area contributed by atoms with Crippen LogP contribution in [-0.2, 0) is 4.74 Å². The summed E-state index contributed by atoms with van der Waals surface area (Å²) in [6, 6.07) is 14.0. The molecule has 0 spiro atoms. The lowest BCUT2D eigenvalue weighted by atomic mass is 9.90. The van der Waals surface area contributed by atoms with Gasteiger partial charge in [-0.2, -0.15) is 0 Å². The van der Waals surface area contributed by atoms with Gasteiger partial charge in [0, 0.05) is 5.56 Å². The Kier molecular flexibility index (Phi) is 8.11. The van der Waals surface area contributed by atoms with Crippen LogP contribution < -0.4 is 18.9 Å². The highest BCUT2D eigenvalue weighted by Crippen LogP contribution is 2.51. The summed E-state index contributed by atoms with van der Waals surface area (Å²) in [6.07, 6.45) is 3.16. The van der Waals surface area contributed by atoms with Gasteiger partial charge < -0.3 is 39.0 Å². The third-order valence-electron chi connectivity index (χ3n) is 6.49. The minimum Gasteiger partial charge on any atom is -0.504 e. The molecule has 1 aliphatic heterocycles. The highest BCUT2D eigenvalue weighted by atomic mass is 16.5. The Morgan fingerprint density at radius 2 is 1.57 bits per heavy atom. The number of ether oxygens (including phenoxy) is 5. The van der Waals surface area contributed by atoms with Crippen LogP contribution in [0.1, 0.15) is 47.3 Å². The number of aromatic hydroxyl groups is 2. The van der Waals surface area contributed by atoms with Crippen molar-refractivity contribution in [2.75, 3.05) is 34.5 Å². The maximum absolute atomic E-state index is 10.3. The molecule has 0 radical (unpaired) electrons. The van der Waals surface area contributed by atoms with Crippen molar-refractivity contribution in [1.82, 2.24) is 0 Å². The summed E-state index contributed by atoms with van der Waals surface area (Å²) in [5.41, 5.74) is 3.38. The van der Waals surface area contributed by atoms with E-state index in [1.165, 1.54) is 14.2 Å². The molecule has 0 saturated heterocycles. The molecule has 3 aromatic rings. The standard InChI is InChI=1S/C29H32O8/c1-17(19-7-9-23(31)25(14-19)33-2)36-11-5-6-18-12-21-22(16-30)28(37-29(21)27(13-18)35-4)20-8-10-24(32)26(15-20)34-3/h5-10,12-15,17,22,28,30-32H,11,16H2,1-4H3/b6-5+. The van der Waals surface area contributed by atoms with Gasteiger partial charge in [-0.1, -0.05) is 24.3 Å². The molecule has 0 bridgehead atoms. The Balaban J connectivity index is 1.50. The van der Waals surface area contributed by atoms with Gasteiger partial charge in [0.25, 0.3) is 0 Å². The van der Waals surface area contributed by atoms with Crippen LogP contribution in [0.3, 0.4) is 0 Å². The first kappa shape index (κ1) is 26.2. The molecule has 8 heteroatoms. The highest BCUT2D eigenvalue weighted by molar-refractivity contribution is 5.62. The SMILES string of the molecule is COc1cc(C(C)OC/C=C/c2cc(OC)c3c(c2)C(CO)C(c2ccc(O)c(OC)c2)O3)ccc1O. The van der Waals surface area contributed by atoms with E-state index in [4.69, 9.17) is 23.7 Å². The first-order chi connectivity index (χ1) is 17.9. The van der Waals surface area contributed by atoms with Crippen molar-refractivity contribution in [3.05, 3.63) is 76.9 Å². The molecule has 4 rings (SSSR count). The highest BCUT2D eigenvalue weighted by Gasteiger charge is 2.37. The van der Waals surface area contributed by atoms with Crippen LogP contribution in [0.5, 0.6) is 34.5 Å². The van der Waals surface area contributed by atoms with E-state index in [1.807, 2.05) is 31.2 Å². The van der Waals surface area contributed by atoms with Crippen LogP contribution in [0, 0.1) is 0 Å². The lowest BCUT2D eigenvalue weighted by Gasteiger charge is -2.18. The van der Waals surface area contributed by atoms with E-state index in [2.05, 4.69) is 0 Å². The predicted molar refractivity (Wildman–Crippen MR) is 139 cm³/mol. The molecule has 196 valence electrons. The van der Waals surface area contributed by atoms with Crippen LogP contribution in [0.4, 0.5) is 0 Å². The molecule has 3 aromatic carbocycles. The topological polar surface area (TPSA) is 107 Å². The van der Waals surface area contributed by atoms with Crippen molar-refractivity contribution in [1.29, 1.82) is 0 Å². The molecular formula is C29H32O8. The molecular weight excluding hydrogens is 476 g/mol. The van der Waals surface area contributed by atoms with Gasteiger partial charge in [-0.3, -0.25) is 0 Å². The van der Waals surface area contributed by atoms with Gasteiger partial charge in [0.15, 0.2) is 34.5 Å². The van der Waals surface area contributed by atoms with Crippen molar-refractivity contribution in [3.63, 3.8) is 0 Å². The van der Waals surface area contributed by atoms with Crippen LogP contribution in [0.15, 0.2) is 54.6 Å². The summed E-state index contributed by atoms with van der Waals surface area (Å²) in [5.74, 6) is 1.68. The second-order valence-electron chi connectivity index (χ2n) is 8.71. The Bertz CT molecular complexity index is 1270. The van der Waals surface area contributed by atoms with Crippen molar-refractivity contribution < 1.29 is 39.0 Å². The molecule has 0 fully saturated rings. The number of phenolic OH excluding ortho intramolecular Hbond substituents is 2. The van der Waals surface area contributed by atoms with Crippen molar-refractivity contribution in [2.24, 2.45) is 0 Å². The van der Waals surface area contributed by atoms with E-state index in [1.54, 1.807) is 43.5 Å². The summed E-state index contributed by atoms with van der Waals surface area (Å²) < 4.78 is 28.2. The average Bonchev–Trinajstić information content (AvgIpc) is 3.29. The molecule has 3 atom stereocenters. The fourth-order valence-electron chi connectivity index (χ4n) is 4.46. The van der Waals surface area contributed by atoms with Crippen LogP contribution >= 0.6 is 0 Å². The lowest BCUT2D eigenvalue weighted by molar-refractivity contribution is 0.0887. The predicted octanol–water partition coefficient (Wildman–Crippen LogP) is 5.12. The Morgan fingerprint density at radius 1 is 0.892 bits per heavy atom. The molecule has 1 aliphatic rings. The van der Waals surface area contributed by atoms with E-state index in [0.717, 1.165) is 22.3 Å². The van der Waals surface area contributed by atoms with Crippen LogP contribution in [0.25, 0.3) is 6.08 Å². The monoisotopic (exact) mass is 508 g/mol. The lowest BCUT2D eigenvalue weighted by Crippen LogP contribution is -2.13. The Labute approximate surface area is 216 Å². The molecule has 0 aliphatic carbocycles. The number of benzene rings is 3. The van der Waals surface area contributed by atoms with E-state index in [9.17, 15) is 15.3 Å². The number of rotatable bonds is 10. The van der Waals surface area contributed by atoms with E-state index in [0.29, 0.717) is 29.6 Å². The van der Waals surface area contributed by atoms with Gasteiger partial charge in [-0.05, 0) is 60.0 Å². The quantitative estimate of drug-likeness (QED) is 0.346. The summed E-state index contributed by atoms with van der Waals surface area (Å²) in [7, 11) is 4.57. The molecule has 3 N–H and O–H groups in total. The second kappa shape index (κ2) is 11.5. The summed E-state index contributed by atoms with van der Waals surface area (Å²) in [6.45, 7) is 2.16. The number of phenols is 2. The molecule has 0 aromatic heterocycles. The number of fused-ring (bicyclic) bond motifs is 1. The molecule has 37 heavy (non-hydrogen) atoms. The van der Waals surface area contributed by atoms with Crippen LogP contribution in [0.2, 0.25) is 0 Å². The second-order valence-corrected chi connectivity index (χ2v) is 8.71. The molecule has 3 unspecified atom stereocenters. The number of hydrogen-bond acceptors (Lipinski definition) is 8. The number of methoxy groups -OCH3 is 3. The van der Waals surface area contributed by atoms with Crippen molar-refractivity contribution in [3.8, 4) is 34.5 Å². The average molecular weight is 509 g/mol. The Hall–Kier alpha value is -3.88. The largest absolute Gasteiger partial charge is 0.504 e. The van der Waals surface area contributed by atoms with Crippen molar-refractivity contribution in [2.45, 2.75) is 25.0 Å². The Morgan fingerprint density at radius 3 is 2.24 bits per heavy atom. The molecule has 0 amide bonds. The zero-order valence-electron chi connectivity index (χ0n) is 21.3. The van der Waals surface area contributed by atoms with Crippen molar-refractivity contribution >= 4 is 6.08 Å². The first-order valence-electron chi connectivity index (χ1n) is 11.9. The van der Waals surface area contributed by atoms with E-state index in [-0.39, 0.29) is 30.1 Å². The smallest absolute Gasteiger partial charge is 0.165 e. The fourth-order valence-corrected chi connectivity index (χ4v) is 4.46. The van der Waals surface area contributed by atoms with E-state index < -0.39 is 6.10 Å².